The minimum atomic E-state index is -0.481. The lowest BCUT2D eigenvalue weighted by Crippen LogP contribution is -2.13. The summed E-state index contributed by atoms with van der Waals surface area (Å²) in [6.07, 6.45) is 1.58. The second-order valence-corrected chi connectivity index (χ2v) is 8.36. The summed E-state index contributed by atoms with van der Waals surface area (Å²) >= 11 is 0. The van der Waals surface area contributed by atoms with Crippen LogP contribution in [0.4, 0.5) is 5.69 Å². The van der Waals surface area contributed by atoms with Gasteiger partial charge in [0.1, 0.15) is 29.7 Å². The first-order valence-electron chi connectivity index (χ1n) is 11.4. The monoisotopic (exact) mass is 462 g/mol. The molecule has 5 heteroatoms. The van der Waals surface area contributed by atoms with Crippen molar-refractivity contribution >= 4 is 28.4 Å². The normalized spacial score (nSPS) is 11.2. The molecule has 0 heterocycles. The first kappa shape index (κ1) is 23.6. The smallest absolute Gasteiger partial charge is 0.266 e. The van der Waals surface area contributed by atoms with Gasteiger partial charge in [0.05, 0.1) is 6.10 Å². The van der Waals surface area contributed by atoms with Gasteiger partial charge in [-0.05, 0) is 72.2 Å². The molecule has 0 atom stereocenters. The van der Waals surface area contributed by atoms with Crippen LogP contribution in [0.1, 0.15) is 25.0 Å². The summed E-state index contributed by atoms with van der Waals surface area (Å²) in [5.41, 5.74) is 2.38. The minimum absolute atomic E-state index is 0.00464. The molecule has 0 fully saturated rings. The van der Waals surface area contributed by atoms with Crippen molar-refractivity contribution in [3.63, 3.8) is 0 Å². The van der Waals surface area contributed by atoms with E-state index in [0.717, 1.165) is 11.1 Å². The van der Waals surface area contributed by atoms with Crippen LogP contribution in [-0.4, -0.2) is 12.0 Å². The Morgan fingerprint density at radius 3 is 2.43 bits per heavy atom. The van der Waals surface area contributed by atoms with Gasteiger partial charge in [-0.1, -0.05) is 54.6 Å². The van der Waals surface area contributed by atoms with Gasteiger partial charge in [0, 0.05) is 11.8 Å². The van der Waals surface area contributed by atoms with Crippen molar-refractivity contribution in [3.8, 4) is 17.6 Å². The van der Waals surface area contributed by atoms with Crippen LogP contribution in [0.3, 0.4) is 0 Å². The fraction of sp³-hybridized carbons (Fsp3) is 0.133. The van der Waals surface area contributed by atoms with Gasteiger partial charge in [-0.25, -0.2) is 0 Å². The summed E-state index contributed by atoms with van der Waals surface area (Å²) < 4.78 is 11.6. The number of nitriles is 1. The zero-order valence-electron chi connectivity index (χ0n) is 19.7. The molecule has 1 N–H and O–H groups in total. The fourth-order valence-electron chi connectivity index (χ4n) is 3.59. The fourth-order valence-corrected chi connectivity index (χ4v) is 3.59. The van der Waals surface area contributed by atoms with E-state index in [0.29, 0.717) is 23.8 Å². The van der Waals surface area contributed by atoms with Crippen LogP contribution >= 0.6 is 0 Å². The lowest BCUT2D eigenvalue weighted by Gasteiger charge is -2.11. The Morgan fingerprint density at radius 1 is 0.914 bits per heavy atom. The molecule has 0 aliphatic heterocycles. The third-order valence-corrected chi connectivity index (χ3v) is 5.24. The van der Waals surface area contributed by atoms with E-state index in [4.69, 9.17) is 9.47 Å². The number of rotatable bonds is 8. The van der Waals surface area contributed by atoms with Crippen LogP contribution in [0.25, 0.3) is 16.8 Å². The predicted molar refractivity (Wildman–Crippen MR) is 139 cm³/mol. The lowest BCUT2D eigenvalue weighted by atomic mass is 10.1. The van der Waals surface area contributed by atoms with Gasteiger partial charge in [-0.2, -0.15) is 5.26 Å². The van der Waals surface area contributed by atoms with Crippen molar-refractivity contribution in [3.05, 3.63) is 108 Å². The number of fused-ring (bicyclic) bond motifs is 1. The molecule has 0 saturated heterocycles. The highest BCUT2D eigenvalue weighted by atomic mass is 16.5. The topological polar surface area (TPSA) is 71.3 Å². The molecule has 0 saturated carbocycles. The number of hydrogen-bond acceptors (Lipinski definition) is 4. The molecular formula is C30H26N2O3. The van der Waals surface area contributed by atoms with Crippen molar-refractivity contribution in [2.24, 2.45) is 0 Å². The Morgan fingerprint density at radius 2 is 1.69 bits per heavy atom. The molecule has 0 radical (unpaired) electrons. The molecule has 4 rings (SSSR count). The Balaban J connectivity index is 1.39. The van der Waals surface area contributed by atoms with Gasteiger partial charge in [-0.3, -0.25) is 4.79 Å². The molecule has 0 aromatic heterocycles. The number of benzene rings is 4. The molecule has 0 aliphatic rings. The number of anilines is 1. The van der Waals surface area contributed by atoms with E-state index in [9.17, 15) is 10.1 Å². The Bertz CT molecular complexity index is 1400. The van der Waals surface area contributed by atoms with E-state index >= 15 is 0 Å². The maximum absolute atomic E-state index is 12.6. The second-order valence-electron chi connectivity index (χ2n) is 8.36. The van der Waals surface area contributed by atoms with Crippen LogP contribution in [0.15, 0.2) is 96.6 Å². The van der Waals surface area contributed by atoms with Crippen LogP contribution in [0.2, 0.25) is 0 Å². The highest BCUT2D eigenvalue weighted by molar-refractivity contribution is 6.09. The van der Waals surface area contributed by atoms with Crippen LogP contribution in [0.5, 0.6) is 11.5 Å². The van der Waals surface area contributed by atoms with Crippen molar-refractivity contribution in [2.45, 2.75) is 26.6 Å². The van der Waals surface area contributed by atoms with E-state index in [2.05, 4.69) is 35.6 Å². The van der Waals surface area contributed by atoms with Gasteiger partial charge in [0.2, 0.25) is 0 Å². The Labute approximate surface area is 205 Å². The molecule has 1 amide bonds. The number of carbonyl (C=O) groups is 1. The van der Waals surface area contributed by atoms with Gasteiger partial charge in [0.25, 0.3) is 5.91 Å². The van der Waals surface area contributed by atoms with E-state index in [1.807, 2.05) is 62.4 Å². The summed E-state index contributed by atoms with van der Waals surface area (Å²) in [6.45, 7) is 4.31. The van der Waals surface area contributed by atoms with E-state index in [1.54, 1.807) is 24.3 Å². The zero-order chi connectivity index (χ0) is 24.6. The maximum atomic E-state index is 12.6. The number of ether oxygens (including phenoxy) is 2. The summed E-state index contributed by atoms with van der Waals surface area (Å²) in [6, 6.07) is 30.8. The third-order valence-electron chi connectivity index (χ3n) is 5.24. The molecule has 4 aromatic carbocycles. The summed E-state index contributed by atoms with van der Waals surface area (Å²) in [5, 5.41) is 14.6. The first-order valence-corrected chi connectivity index (χ1v) is 11.4. The molecule has 4 aromatic rings. The van der Waals surface area contributed by atoms with Crippen molar-refractivity contribution < 1.29 is 14.3 Å². The highest BCUT2D eigenvalue weighted by Crippen LogP contribution is 2.21. The first-order chi connectivity index (χ1) is 17.0. The molecule has 0 spiro atoms. The standard InChI is InChI=1S/C30H26N2O3/c1-21(2)35-29-9-5-8-27(18-29)32-30(33)26(19-31)16-22-11-14-28(15-12-22)34-20-23-10-13-24-6-3-4-7-25(24)17-23/h3-18,21H,20H2,1-2H3,(H,32,33)/b26-16-. The average Bonchev–Trinajstić information content (AvgIpc) is 2.86. The molecular weight excluding hydrogens is 436 g/mol. The van der Waals surface area contributed by atoms with Crippen molar-refractivity contribution in [1.29, 1.82) is 5.26 Å². The lowest BCUT2D eigenvalue weighted by molar-refractivity contribution is -0.112. The quantitative estimate of drug-likeness (QED) is 0.232. The summed E-state index contributed by atoms with van der Waals surface area (Å²) in [5.74, 6) is 0.880. The predicted octanol–water partition coefficient (Wildman–Crippen LogP) is 6.75. The number of carbonyl (C=O) groups excluding carboxylic acids is 1. The maximum Gasteiger partial charge on any atom is 0.266 e. The number of amides is 1. The van der Waals surface area contributed by atoms with Gasteiger partial charge < -0.3 is 14.8 Å². The largest absolute Gasteiger partial charge is 0.491 e. The van der Waals surface area contributed by atoms with Gasteiger partial charge in [-0.15, -0.1) is 0 Å². The molecule has 5 nitrogen and oxygen atoms in total. The van der Waals surface area contributed by atoms with E-state index < -0.39 is 5.91 Å². The Hall–Kier alpha value is -4.56. The van der Waals surface area contributed by atoms with Crippen LogP contribution in [0, 0.1) is 11.3 Å². The molecule has 35 heavy (non-hydrogen) atoms. The highest BCUT2D eigenvalue weighted by Gasteiger charge is 2.10. The summed E-state index contributed by atoms with van der Waals surface area (Å²) in [7, 11) is 0. The van der Waals surface area contributed by atoms with Gasteiger partial charge in [0.15, 0.2) is 0 Å². The minimum Gasteiger partial charge on any atom is -0.491 e. The van der Waals surface area contributed by atoms with E-state index in [-0.39, 0.29) is 11.7 Å². The van der Waals surface area contributed by atoms with Gasteiger partial charge >= 0.3 is 0 Å². The second kappa shape index (κ2) is 11.0. The van der Waals surface area contributed by atoms with Crippen LogP contribution < -0.4 is 14.8 Å². The number of hydrogen-bond donors (Lipinski definition) is 1. The van der Waals surface area contributed by atoms with E-state index in [1.165, 1.54) is 10.8 Å². The number of nitrogens with one attached hydrogen (secondary N) is 1. The SMILES string of the molecule is CC(C)Oc1cccc(NC(=O)/C(C#N)=C\c2ccc(OCc3ccc4ccccc4c3)cc2)c1. The molecule has 0 aliphatic carbocycles. The molecule has 174 valence electrons. The average molecular weight is 463 g/mol. The molecule has 0 bridgehead atoms. The Kier molecular flexibility index (Phi) is 7.44. The van der Waals surface area contributed by atoms with Crippen LogP contribution in [-0.2, 0) is 11.4 Å². The van der Waals surface area contributed by atoms with Crippen molar-refractivity contribution in [1.82, 2.24) is 0 Å². The summed E-state index contributed by atoms with van der Waals surface area (Å²) in [4.78, 5) is 12.6. The zero-order valence-corrected chi connectivity index (χ0v) is 19.7. The third kappa shape index (κ3) is 6.49. The van der Waals surface area contributed by atoms with Crippen molar-refractivity contribution in [2.75, 3.05) is 5.32 Å². The molecule has 0 unspecified atom stereocenters. The number of nitrogens with zero attached hydrogens (tertiary/aromatic N) is 1.